The van der Waals surface area contributed by atoms with Gasteiger partial charge in [-0.15, -0.1) is 11.3 Å². The van der Waals surface area contributed by atoms with Gasteiger partial charge in [-0.1, -0.05) is 18.2 Å². The molecule has 4 heterocycles. The smallest absolute Gasteiger partial charge is 0.211 e. The largest absolute Gasteiger partial charge is 0.378 e. The number of pyridine rings is 1. The van der Waals surface area contributed by atoms with Crippen molar-refractivity contribution < 1.29 is 17.9 Å². The van der Waals surface area contributed by atoms with Gasteiger partial charge in [-0.3, -0.25) is 9.69 Å². The van der Waals surface area contributed by atoms with Crippen molar-refractivity contribution in [1.29, 1.82) is 0 Å². The highest BCUT2D eigenvalue weighted by Crippen LogP contribution is 2.38. The molecule has 2 aliphatic rings. The molecule has 0 bridgehead atoms. The number of aromatic nitrogens is 1. The van der Waals surface area contributed by atoms with Gasteiger partial charge in [0, 0.05) is 66.3 Å². The first kappa shape index (κ1) is 24.3. The van der Waals surface area contributed by atoms with Crippen LogP contribution < -0.4 is 4.90 Å². The summed E-state index contributed by atoms with van der Waals surface area (Å²) in [5.41, 5.74) is 2.73. The van der Waals surface area contributed by atoms with Crippen LogP contribution in [0.1, 0.15) is 23.0 Å². The minimum Gasteiger partial charge on any atom is -0.378 e. The van der Waals surface area contributed by atoms with Crippen LogP contribution in [0.5, 0.6) is 0 Å². The molecule has 0 aliphatic carbocycles. The predicted molar refractivity (Wildman–Crippen MR) is 140 cm³/mol. The molecule has 8 nitrogen and oxygen atoms in total. The molecule has 0 radical (unpaired) electrons. The van der Waals surface area contributed by atoms with Crippen LogP contribution in [0.3, 0.4) is 0 Å². The number of fused-ring (bicyclic) bond motifs is 1. The van der Waals surface area contributed by atoms with Gasteiger partial charge in [-0.25, -0.2) is 13.4 Å². The van der Waals surface area contributed by atoms with Gasteiger partial charge >= 0.3 is 0 Å². The Kier molecular flexibility index (Phi) is 6.91. The number of benzene rings is 1. The Balaban J connectivity index is 1.47. The van der Waals surface area contributed by atoms with E-state index in [2.05, 4.69) is 21.9 Å². The first-order chi connectivity index (χ1) is 16.8. The summed E-state index contributed by atoms with van der Waals surface area (Å²) in [5.74, 6) is 1.03. The fourth-order valence-corrected chi connectivity index (χ4v) is 6.59. The van der Waals surface area contributed by atoms with Crippen molar-refractivity contribution >= 4 is 43.0 Å². The van der Waals surface area contributed by atoms with E-state index in [1.807, 2.05) is 24.3 Å². The highest BCUT2D eigenvalue weighted by molar-refractivity contribution is 7.88. The van der Waals surface area contributed by atoms with Gasteiger partial charge in [0.05, 0.1) is 25.2 Å². The lowest BCUT2D eigenvalue weighted by atomic mass is 10.1. The normalized spacial score (nSPS) is 18.3. The molecule has 2 aromatic heterocycles. The van der Waals surface area contributed by atoms with Crippen LogP contribution in [0, 0.1) is 0 Å². The summed E-state index contributed by atoms with van der Waals surface area (Å²) < 4.78 is 32.0. The number of nitrogens with zero attached hydrogens (tertiary/aromatic N) is 4. The molecule has 186 valence electrons. The molecule has 2 saturated heterocycles. The Labute approximate surface area is 210 Å². The molecular weight excluding hydrogens is 484 g/mol. The topological polar surface area (TPSA) is 83.1 Å². The van der Waals surface area contributed by atoms with Crippen molar-refractivity contribution in [3.8, 4) is 10.4 Å². The zero-order valence-corrected chi connectivity index (χ0v) is 21.7. The number of piperazine rings is 1. The molecule has 0 unspecified atom stereocenters. The maximum atomic E-state index is 11.9. The van der Waals surface area contributed by atoms with Gasteiger partial charge in [-0.05, 0) is 30.7 Å². The van der Waals surface area contributed by atoms with Gasteiger partial charge < -0.3 is 9.64 Å². The maximum Gasteiger partial charge on any atom is 0.211 e. The number of anilines is 1. The second kappa shape index (κ2) is 9.94. The van der Waals surface area contributed by atoms with Crippen LogP contribution in [0.2, 0.25) is 0 Å². The number of thiophene rings is 1. The summed E-state index contributed by atoms with van der Waals surface area (Å²) in [6.45, 7) is 7.61. The third-order valence-electron chi connectivity index (χ3n) is 6.60. The van der Waals surface area contributed by atoms with E-state index in [0.29, 0.717) is 51.5 Å². The highest BCUT2D eigenvalue weighted by atomic mass is 32.2. The Morgan fingerprint density at radius 3 is 2.49 bits per heavy atom. The van der Waals surface area contributed by atoms with Gasteiger partial charge in [0.2, 0.25) is 10.0 Å². The fraction of sp³-hybridized carbons (Fsp3) is 0.440. The highest BCUT2D eigenvalue weighted by Gasteiger charge is 2.25. The van der Waals surface area contributed by atoms with Crippen molar-refractivity contribution in [2.45, 2.75) is 13.5 Å². The Morgan fingerprint density at radius 1 is 1.06 bits per heavy atom. The average molecular weight is 515 g/mol. The molecule has 1 aromatic carbocycles. The zero-order chi connectivity index (χ0) is 24.6. The molecule has 0 spiro atoms. The second-order valence-electron chi connectivity index (χ2n) is 9.13. The van der Waals surface area contributed by atoms with Gasteiger partial charge in [0.1, 0.15) is 5.82 Å². The lowest BCUT2D eigenvalue weighted by Gasteiger charge is -2.33. The Bertz CT molecular complexity index is 1340. The number of ketones is 1. The van der Waals surface area contributed by atoms with Crippen LogP contribution in [0.4, 0.5) is 5.82 Å². The van der Waals surface area contributed by atoms with Crippen molar-refractivity contribution in [2.24, 2.45) is 0 Å². The summed E-state index contributed by atoms with van der Waals surface area (Å²) in [5, 5.41) is 1.12. The SMILES string of the molecule is CC(=O)c1cccc(-c2cc3c(N4CCOCC4)nc(CN4CCN(S(C)(=O)=O)CC4)cc3s2)c1. The zero-order valence-electron chi connectivity index (χ0n) is 20.1. The Hall–Kier alpha value is -2.37. The molecule has 3 aromatic rings. The molecule has 0 amide bonds. The summed E-state index contributed by atoms with van der Waals surface area (Å²) in [7, 11) is -3.15. The number of ether oxygens (including phenoxy) is 1. The third-order valence-corrected chi connectivity index (χ3v) is 9.03. The van der Waals surface area contributed by atoms with Crippen molar-refractivity contribution in [3.05, 3.63) is 47.7 Å². The molecule has 0 saturated carbocycles. The minimum atomic E-state index is -3.15. The third kappa shape index (κ3) is 5.41. The minimum absolute atomic E-state index is 0.0573. The van der Waals surface area contributed by atoms with Gasteiger partial charge in [-0.2, -0.15) is 4.31 Å². The fourth-order valence-electron chi connectivity index (χ4n) is 4.65. The van der Waals surface area contributed by atoms with Crippen LogP contribution in [-0.2, 0) is 21.3 Å². The van der Waals surface area contributed by atoms with Crippen molar-refractivity contribution in [1.82, 2.24) is 14.2 Å². The first-order valence-electron chi connectivity index (χ1n) is 11.8. The summed E-state index contributed by atoms with van der Waals surface area (Å²) in [6.07, 6.45) is 1.27. The quantitative estimate of drug-likeness (QED) is 0.468. The molecule has 2 fully saturated rings. The number of Topliss-reactive ketones (excluding diaryl/α,β-unsaturated/α-hetero) is 1. The monoisotopic (exact) mass is 514 g/mol. The number of carbonyl (C=O) groups excluding carboxylic acids is 1. The lowest BCUT2D eigenvalue weighted by molar-refractivity contribution is 0.101. The van der Waals surface area contributed by atoms with E-state index in [1.165, 1.54) is 6.26 Å². The van der Waals surface area contributed by atoms with Crippen LogP contribution >= 0.6 is 11.3 Å². The number of hydrogen-bond donors (Lipinski definition) is 0. The van der Waals surface area contributed by atoms with E-state index in [9.17, 15) is 13.2 Å². The van der Waals surface area contributed by atoms with E-state index in [-0.39, 0.29) is 5.78 Å². The molecule has 2 aliphatic heterocycles. The molecule has 35 heavy (non-hydrogen) atoms. The second-order valence-corrected chi connectivity index (χ2v) is 12.2. The molecule has 10 heteroatoms. The molecule has 0 atom stereocenters. The lowest BCUT2D eigenvalue weighted by Crippen LogP contribution is -2.47. The number of sulfonamides is 1. The van der Waals surface area contributed by atoms with E-state index >= 15 is 0 Å². The standard InChI is InChI=1S/C25H30N4O4S2/c1-18(30)19-4-3-5-20(14-19)23-16-22-24(34-23)15-21(26-25(22)28-10-12-33-13-11-28)17-27-6-8-29(9-7-27)35(2,31)32/h3-5,14-16H,6-13,17H2,1-2H3. The number of rotatable bonds is 6. The predicted octanol–water partition coefficient (Wildman–Crippen LogP) is 3.08. The van der Waals surface area contributed by atoms with E-state index in [1.54, 1.807) is 22.6 Å². The number of morpholine rings is 1. The van der Waals surface area contributed by atoms with Crippen LogP contribution in [-0.4, -0.2) is 87.1 Å². The summed E-state index contributed by atoms with van der Waals surface area (Å²) in [6, 6.07) is 12.1. The summed E-state index contributed by atoms with van der Waals surface area (Å²) in [4.78, 5) is 22.7. The number of carbonyl (C=O) groups is 1. The van der Waals surface area contributed by atoms with Crippen LogP contribution in [0.15, 0.2) is 36.4 Å². The first-order valence-corrected chi connectivity index (χ1v) is 14.5. The summed E-state index contributed by atoms with van der Waals surface area (Å²) >= 11 is 1.71. The molecule has 5 rings (SSSR count). The van der Waals surface area contributed by atoms with Gasteiger partial charge in [0.25, 0.3) is 0 Å². The van der Waals surface area contributed by atoms with E-state index < -0.39 is 10.0 Å². The van der Waals surface area contributed by atoms with E-state index in [4.69, 9.17) is 9.72 Å². The Morgan fingerprint density at radius 2 is 1.80 bits per heavy atom. The molecule has 0 N–H and O–H groups in total. The van der Waals surface area contributed by atoms with Crippen molar-refractivity contribution in [2.75, 3.05) is 63.6 Å². The molecular formula is C25H30N4O4S2. The maximum absolute atomic E-state index is 11.9. The number of hydrogen-bond acceptors (Lipinski definition) is 8. The average Bonchev–Trinajstić information content (AvgIpc) is 3.28. The van der Waals surface area contributed by atoms with Crippen molar-refractivity contribution in [3.63, 3.8) is 0 Å². The van der Waals surface area contributed by atoms with Crippen LogP contribution in [0.25, 0.3) is 20.5 Å². The van der Waals surface area contributed by atoms with Gasteiger partial charge in [0.15, 0.2) is 5.78 Å². The van der Waals surface area contributed by atoms with E-state index in [0.717, 1.165) is 45.1 Å².